The summed E-state index contributed by atoms with van der Waals surface area (Å²) in [6.45, 7) is 3.65. The zero-order valence-corrected chi connectivity index (χ0v) is 9.74. The van der Waals surface area contributed by atoms with E-state index < -0.39 is 11.0 Å². The maximum absolute atomic E-state index is 10.8. The lowest BCUT2D eigenvalue weighted by molar-refractivity contribution is -0.168. The van der Waals surface area contributed by atoms with E-state index in [1.165, 1.54) is 0 Å². The fourth-order valence-corrected chi connectivity index (χ4v) is 2.90. The summed E-state index contributed by atoms with van der Waals surface area (Å²) in [4.78, 5) is 0. The van der Waals surface area contributed by atoms with Gasteiger partial charge in [-0.2, -0.15) is 5.26 Å². The van der Waals surface area contributed by atoms with Crippen LogP contribution in [-0.2, 0) is 9.47 Å². The number of nitrogens with zero attached hydrogens (tertiary/aromatic N) is 1. The molecule has 0 saturated carbocycles. The Morgan fingerprint density at radius 3 is 2.50 bits per heavy atom. The van der Waals surface area contributed by atoms with Gasteiger partial charge in [0.05, 0.1) is 23.2 Å². The van der Waals surface area contributed by atoms with Crippen LogP contribution in [-0.4, -0.2) is 36.6 Å². The molecule has 16 heavy (non-hydrogen) atoms. The van der Waals surface area contributed by atoms with E-state index in [1.807, 2.05) is 6.92 Å². The molecule has 0 aromatic rings. The Bertz CT molecular complexity index is 293. The lowest BCUT2D eigenvalue weighted by Crippen LogP contribution is -2.55. The monoisotopic (exact) mass is 225 g/mol. The first-order valence-electron chi connectivity index (χ1n) is 5.95. The fraction of sp³-hybridized carbons (Fsp3) is 0.917. The molecule has 2 heterocycles. The predicted octanol–water partition coefficient (Wildman–Crippen LogP) is 1.24. The van der Waals surface area contributed by atoms with Gasteiger partial charge in [0.15, 0.2) is 0 Å². The minimum Gasteiger partial charge on any atom is -0.388 e. The minimum absolute atomic E-state index is 0.0341. The minimum atomic E-state index is -0.900. The van der Waals surface area contributed by atoms with Crippen molar-refractivity contribution >= 4 is 0 Å². The van der Waals surface area contributed by atoms with Crippen molar-refractivity contribution in [2.45, 2.75) is 44.3 Å². The molecule has 4 heteroatoms. The van der Waals surface area contributed by atoms with Gasteiger partial charge in [0.2, 0.25) is 0 Å². The smallest absolute Gasteiger partial charge is 0.0905 e. The number of hydrogen-bond acceptors (Lipinski definition) is 4. The first-order chi connectivity index (χ1) is 7.62. The second-order valence-electron chi connectivity index (χ2n) is 4.97. The molecule has 0 aromatic carbocycles. The molecule has 0 aliphatic carbocycles. The van der Waals surface area contributed by atoms with Gasteiger partial charge in [-0.3, -0.25) is 0 Å². The molecular formula is C12H19NO3. The molecule has 0 spiro atoms. The molecule has 90 valence electrons. The van der Waals surface area contributed by atoms with E-state index in [2.05, 4.69) is 6.07 Å². The first-order valence-corrected chi connectivity index (χ1v) is 5.95. The van der Waals surface area contributed by atoms with E-state index in [0.29, 0.717) is 45.5 Å². The summed E-state index contributed by atoms with van der Waals surface area (Å²) < 4.78 is 10.7. The summed E-state index contributed by atoms with van der Waals surface area (Å²) in [5.74, 6) is 0. The molecule has 4 nitrogen and oxygen atoms in total. The Morgan fingerprint density at radius 2 is 1.94 bits per heavy atom. The Morgan fingerprint density at radius 1 is 1.25 bits per heavy atom. The SMILES string of the molecule is CC1CC(O)(C2(C#N)CCOCC2)CCO1. The molecule has 2 unspecified atom stereocenters. The molecule has 2 atom stereocenters. The molecule has 2 aliphatic rings. The quantitative estimate of drug-likeness (QED) is 0.729. The van der Waals surface area contributed by atoms with E-state index >= 15 is 0 Å². The third kappa shape index (κ3) is 1.84. The predicted molar refractivity (Wildman–Crippen MR) is 57.7 cm³/mol. The van der Waals surface area contributed by atoms with Crippen LogP contribution in [0.4, 0.5) is 0 Å². The summed E-state index contributed by atoms with van der Waals surface area (Å²) in [7, 11) is 0. The standard InChI is InChI=1S/C12H19NO3/c1-10-8-12(14,4-7-16-10)11(9-13)2-5-15-6-3-11/h10,14H,2-8H2,1H3. The van der Waals surface area contributed by atoms with Crippen LogP contribution in [0.3, 0.4) is 0 Å². The Labute approximate surface area is 96.2 Å². The molecule has 2 rings (SSSR count). The molecule has 1 N–H and O–H groups in total. The number of ether oxygens (including phenoxy) is 2. The Hall–Kier alpha value is -0.630. The number of rotatable bonds is 1. The van der Waals surface area contributed by atoms with Crippen LogP contribution in [0.25, 0.3) is 0 Å². The van der Waals surface area contributed by atoms with Crippen LogP contribution in [0.15, 0.2) is 0 Å². The third-order valence-corrected chi connectivity index (χ3v) is 3.99. The van der Waals surface area contributed by atoms with Crippen molar-refractivity contribution in [3.8, 4) is 6.07 Å². The normalized spacial score (nSPS) is 38.9. The Kier molecular flexibility index (Phi) is 3.20. The van der Waals surface area contributed by atoms with Crippen molar-refractivity contribution in [1.29, 1.82) is 5.26 Å². The van der Waals surface area contributed by atoms with Gasteiger partial charge in [-0.05, 0) is 19.8 Å². The van der Waals surface area contributed by atoms with Crippen molar-refractivity contribution in [3.05, 3.63) is 0 Å². The second-order valence-corrected chi connectivity index (χ2v) is 4.97. The Balaban J connectivity index is 2.21. The van der Waals surface area contributed by atoms with Gasteiger partial charge in [0, 0.05) is 32.7 Å². The summed E-state index contributed by atoms with van der Waals surface area (Å²) in [6.07, 6.45) is 2.41. The van der Waals surface area contributed by atoms with Crippen LogP contribution in [0.1, 0.15) is 32.6 Å². The molecule has 2 aliphatic heterocycles. The second kappa shape index (κ2) is 4.33. The van der Waals surface area contributed by atoms with Gasteiger partial charge in [-0.1, -0.05) is 0 Å². The molecule has 0 aromatic heterocycles. The molecule has 2 saturated heterocycles. The lowest BCUT2D eigenvalue weighted by atomic mass is 9.63. The highest BCUT2D eigenvalue weighted by atomic mass is 16.5. The number of hydrogen-bond donors (Lipinski definition) is 1. The van der Waals surface area contributed by atoms with Crippen LogP contribution in [0.2, 0.25) is 0 Å². The lowest BCUT2D eigenvalue weighted by Gasteiger charge is -2.48. The topological polar surface area (TPSA) is 62.5 Å². The first kappa shape index (κ1) is 11.8. The van der Waals surface area contributed by atoms with Gasteiger partial charge < -0.3 is 14.6 Å². The van der Waals surface area contributed by atoms with Crippen LogP contribution < -0.4 is 0 Å². The summed E-state index contributed by atoms with van der Waals surface area (Å²) in [5, 5.41) is 20.2. The maximum atomic E-state index is 10.8. The van der Waals surface area contributed by atoms with Crippen molar-refractivity contribution in [1.82, 2.24) is 0 Å². The van der Waals surface area contributed by atoms with Crippen molar-refractivity contribution in [2.75, 3.05) is 19.8 Å². The van der Waals surface area contributed by atoms with Gasteiger partial charge in [-0.15, -0.1) is 0 Å². The van der Waals surface area contributed by atoms with Gasteiger partial charge in [0.1, 0.15) is 0 Å². The van der Waals surface area contributed by atoms with Gasteiger partial charge in [0.25, 0.3) is 0 Å². The largest absolute Gasteiger partial charge is 0.388 e. The fourth-order valence-electron chi connectivity index (χ4n) is 2.90. The van der Waals surface area contributed by atoms with Crippen LogP contribution >= 0.6 is 0 Å². The van der Waals surface area contributed by atoms with Crippen molar-refractivity contribution in [3.63, 3.8) is 0 Å². The highest BCUT2D eigenvalue weighted by molar-refractivity contribution is 5.13. The highest BCUT2D eigenvalue weighted by Crippen LogP contribution is 2.46. The summed E-state index contributed by atoms with van der Waals surface area (Å²) >= 11 is 0. The maximum Gasteiger partial charge on any atom is 0.0905 e. The number of nitriles is 1. The zero-order chi connectivity index (χ0) is 11.6. The van der Waals surface area contributed by atoms with E-state index in [4.69, 9.17) is 9.47 Å². The van der Waals surface area contributed by atoms with Crippen molar-refractivity contribution < 1.29 is 14.6 Å². The van der Waals surface area contributed by atoms with E-state index in [0.717, 1.165) is 0 Å². The molecule has 0 radical (unpaired) electrons. The van der Waals surface area contributed by atoms with Crippen LogP contribution in [0, 0.1) is 16.7 Å². The third-order valence-electron chi connectivity index (χ3n) is 3.99. The van der Waals surface area contributed by atoms with E-state index in [9.17, 15) is 10.4 Å². The van der Waals surface area contributed by atoms with Gasteiger partial charge >= 0.3 is 0 Å². The van der Waals surface area contributed by atoms with Gasteiger partial charge in [-0.25, -0.2) is 0 Å². The zero-order valence-electron chi connectivity index (χ0n) is 9.74. The average Bonchev–Trinajstić information content (AvgIpc) is 2.29. The molecule has 2 fully saturated rings. The summed E-state index contributed by atoms with van der Waals surface area (Å²) in [5.41, 5.74) is -1.54. The van der Waals surface area contributed by atoms with E-state index in [1.54, 1.807) is 0 Å². The summed E-state index contributed by atoms with van der Waals surface area (Å²) in [6, 6.07) is 2.36. The molecule has 0 bridgehead atoms. The molecule has 0 amide bonds. The van der Waals surface area contributed by atoms with E-state index in [-0.39, 0.29) is 6.10 Å². The van der Waals surface area contributed by atoms with Crippen LogP contribution in [0.5, 0.6) is 0 Å². The average molecular weight is 225 g/mol. The van der Waals surface area contributed by atoms with Crippen molar-refractivity contribution in [2.24, 2.45) is 5.41 Å². The number of aliphatic hydroxyl groups is 1. The molecular weight excluding hydrogens is 206 g/mol. The highest BCUT2D eigenvalue weighted by Gasteiger charge is 2.53.